The number of pyridine rings is 1. The number of hydrogen-bond donors (Lipinski definition) is 2. The Hall–Kier alpha value is -3.42. The number of carbonyl (C=O) groups excluding carboxylic acids is 1. The van der Waals surface area contributed by atoms with E-state index in [2.05, 4.69) is 25.8 Å². The normalized spacial score (nSPS) is 11.4. The average molecular weight is 393 g/mol. The lowest BCUT2D eigenvalue weighted by molar-refractivity contribution is -0.130. The first-order valence-electron chi connectivity index (χ1n) is 9.76. The number of benzene rings is 1. The summed E-state index contributed by atoms with van der Waals surface area (Å²) < 4.78 is 1.91. The van der Waals surface area contributed by atoms with Crippen LogP contribution in [0.25, 0.3) is 5.65 Å². The average Bonchev–Trinajstić information content (AvgIpc) is 3.16. The number of nitrogens with one attached hydrogen (secondary N) is 2. The predicted octanol–water partition coefficient (Wildman–Crippen LogP) is 1.83. The van der Waals surface area contributed by atoms with Crippen LogP contribution in [0.4, 0.5) is 0 Å². The van der Waals surface area contributed by atoms with Gasteiger partial charge in [-0.3, -0.25) is 9.20 Å². The fraction of sp³-hybridized carbons (Fsp3) is 0.333. The number of nitrogens with zero attached hydrogens (tertiary/aromatic N) is 5. The number of hydrogen-bond acceptors (Lipinski definition) is 4. The van der Waals surface area contributed by atoms with Crippen LogP contribution in [0.2, 0.25) is 0 Å². The van der Waals surface area contributed by atoms with Crippen LogP contribution in [-0.4, -0.2) is 51.5 Å². The Kier molecular flexibility index (Phi) is 7.16. The SMILES string of the molecule is CCNC(=NCc1nnc2ccccn12)NCCC(=O)N(C)Cc1ccccc1. The summed E-state index contributed by atoms with van der Waals surface area (Å²) >= 11 is 0. The third-order valence-electron chi connectivity index (χ3n) is 4.43. The zero-order valence-electron chi connectivity index (χ0n) is 16.9. The van der Waals surface area contributed by atoms with Crippen LogP contribution in [0.5, 0.6) is 0 Å². The molecule has 0 saturated heterocycles. The van der Waals surface area contributed by atoms with Gasteiger partial charge in [-0.2, -0.15) is 0 Å². The lowest BCUT2D eigenvalue weighted by Gasteiger charge is -2.18. The summed E-state index contributed by atoms with van der Waals surface area (Å²) in [5.41, 5.74) is 1.91. The Morgan fingerprint density at radius 1 is 1.10 bits per heavy atom. The lowest BCUT2D eigenvalue weighted by Crippen LogP contribution is -2.39. The molecule has 29 heavy (non-hydrogen) atoms. The van der Waals surface area contributed by atoms with Gasteiger partial charge in [-0.25, -0.2) is 4.99 Å². The monoisotopic (exact) mass is 393 g/mol. The van der Waals surface area contributed by atoms with E-state index in [1.807, 2.05) is 73.1 Å². The molecule has 0 saturated carbocycles. The molecule has 2 heterocycles. The molecule has 0 fully saturated rings. The molecule has 0 aliphatic rings. The smallest absolute Gasteiger partial charge is 0.224 e. The highest BCUT2D eigenvalue weighted by molar-refractivity contribution is 5.81. The van der Waals surface area contributed by atoms with Gasteiger partial charge in [0.25, 0.3) is 0 Å². The van der Waals surface area contributed by atoms with E-state index < -0.39 is 0 Å². The summed E-state index contributed by atoms with van der Waals surface area (Å²) in [7, 11) is 1.82. The predicted molar refractivity (Wildman–Crippen MR) is 113 cm³/mol. The van der Waals surface area contributed by atoms with Crippen LogP contribution in [0.15, 0.2) is 59.7 Å². The minimum absolute atomic E-state index is 0.0839. The van der Waals surface area contributed by atoms with E-state index in [1.165, 1.54) is 0 Å². The van der Waals surface area contributed by atoms with Gasteiger partial charge in [-0.05, 0) is 24.6 Å². The molecule has 1 amide bonds. The first-order valence-corrected chi connectivity index (χ1v) is 9.76. The van der Waals surface area contributed by atoms with Crippen molar-refractivity contribution in [3.05, 3.63) is 66.1 Å². The van der Waals surface area contributed by atoms with Crippen molar-refractivity contribution >= 4 is 17.5 Å². The van der Waals surface area contributed by atoms with Crippen LogP contribution in [0, 0.1) is 0 Å². The molecule has 0 unspecified atom stereocenters. The summed E-state index contributed by atoms with van der Waals surface area (Å²) in [6.45, 7) is 4.23. The molecule has 0 aliphatic carbocycles. The van der Waals surface area contributed by atoms with E-state index in [4.69, 9.17) is 0 Å². The van der Waals surface area contributed by atoms with Crippen LogP contribution < -0.4 is 10.6 Å². The van der Waals surface area contributed by atoms with Crippen LogP contribution in [0.1, 0.15) is 24.7 Å². The third-order valence-corrected chi connectivity index (χ3v) is 4.43. The van der Waals surface area contributed by atoms with Gasteiger partial charge in [0, 0.05) is 39.3 Å². The van der Waals surface area contributed by atoms with Crippen molar-refractivity contribution < 1.29 is 4.79 Å². The lowest BCUT2D eigenvalue weighted by atomic mass is 10.2. The van der Waals surface area contributed by atoms with Crippen molar-refractivity contribution in [2.45, 2.75) is 26.4 Å². The Labute approximate surface area is 170 Å². The van der Waals surface area contributed by atoms with Gasteiger partial charge < -0.3 is 15.5 Å². The van der Waals surface area contributed by atoms with E-state index in [9.17, 15) is 4.79 Å². The molecular weight excluding hydrogens is 366 g/mol. The van der Waals surface area contributed by atoms with Crippen LogP contribution >= 0.6 is 0 Å². The second-order valence-corrected chi connectivity index (χ2v) is 6.65. The highest BCUT2D eigenvalue weighted by Crippen LogP contribution is 2.05. The minimum atomic E-state index is 0.0839. The van der Waals surface area contributed by atoms with Gasteiger partial charge >= 0.3 is 0 Å². The van der Waals surface area contributed by atoms with E-state index in [0.717, 1.165) is 23.6 Å². The fourth-order valence-electron chi connectivity index (χ4n) is 2.91. The molecule has 8 heteroatoms. The number of amides is 1. The van der Waals surface area contributed by atoms with E-state index in [1.54, 1.807) is 4.90 Å². The summed E-state index contributed by atoms with van der Waals surface area (Å²) in [5, 5.41) is 14.7. The maximum absolute atomic E-state index is 12.4. The van der Waals surface area contributed by atoms with Crippen molar-refractivity contribution in [1.82, 2.24) is 30.1 Å². The summed E-state index contributed by atoms with van der Waals surface area (Å²) in [4.78, 5) is 18.7. The summed E-state index contributed by atoms with van der Waals surface area (Å²) in [6, 6.07) is 15.7. The second kappa shape index (κ2) is 10.2. The first-order chi connectivity index (χ1) is 14.2. The standard InChI is InChI=1S/C21H27N7O/c1-3-22-21(24-15-19-26-25-18-11-7-8-14-28(18)19)23-13-12-20(29)27(2)16-17-9-5-4-6-10-17/h4-11,14H,3,12-13,15-16H2,1-2H3,(H2,22,23,24). The van der Waals surface area contributed by atoms with Crippen molar-refractivity contribution in [2.24, 2.45) is 4.99 Å². The number of guanidine groups is 1. The number of aromatic nitrogens is 3. The second-order valence-electron chi connectivity index (χ2n) is 6.65. The maximum atomic E-state index is 12.4. The van der Waals surface area contributed by atoms with Crippen molar-refractivity contribution in [2.75, 3.05) is 20.1 Å². The van der Waals surface area contributed by atoms with E-state index in [-0.39, 0.29) is 5.91 Å². The zero-order valence-corrected chi connectivity index (χ0v) is 16.9. The Morgan fingerprint density at radius 3 is 2.69 bits per heavy atom. The highest BCUT2D eigenvalue weighted by atomic mass is 16.2. The molecule has 3 rings (SSSR count). The summed E-state index contributed by atoms with van der Waals surface area (Å²) in [6.07, 6.45) is 2.31. The largest absolute Gasteiger partial charge is 0.357 e. The van der Waals surface area contributed by atoms with Crippen molar-refractivity contribution in [1.29, 1.82) is 0 Å². The number of fused-ring (bicyclic) bond motifs is 1. The van der Waals surface area contributed by atoms with Gasteiger partial charge in [0.15, 0.2) is 17.4 Å². The Balaban J connectivity index is 1.51. The van der Waals surface area contributed by atoms with E-state index in [0.29, 0.717) is 32.0 Å². The Morgan fingerprint density at radius 2 is 1.90 bits per heavy atom. The minimum Gasteiger partial charge on any atom is -0.357 e. The first kappa shape index (κ1) is 20.3. The molecule has 0 radical (unpaired) electrons. The molecule has 3 aromatic rings. The molecule has 2 N–H and O–H groups in total. The molecule has 8 nitrogen and oxygen atoms in total. The number of carbonyl (C=O) groups is 1. The van der Waals surface area contributed by atoms with Gasteiger partial charge in [-0.1, -0.05) is 36.4 Å². The quantitative estimate of drug-likeness (QED) is 0.450. The number of rotatable bonds is 8. The van der Waals surface area contributed by atoms with Gasteiger partial charge in [-0.15, -0.1) is 10.2 Å². The maximum Gasteiger partial charge on any atom is 0.224 e. The van der Waals surface area contributed by atoms with Crippen LogP contribution in [0.3, 0.4) is 0 Å². The number of aliphatic imine (C=N–C) groups is 1. The van der Waals surface area contributed by atoms with Crippen LogP contribution in [-0.2, 0) is 17.9 Å². The Bertz CT molecular complexity index is 952. The molecule has 0 aliphatic heterocycles. The topological polar surface area (TPSA) is 86.9 Å². The summed E-state index contributed by atoms with van der Waals surface area (Å²) in [5.74, 6) is 1.50. The molecule has 0 bridgehead atoms. The van der Waals surface area contributed by atoms with Crippen molar-refractivity contribution in [3.8, 4) is 0 Å². The highest BCUT2D eigenvalue weighted by Gasteiger charge is 2.10. The molecule has 0 spiro atoms. The molecule has 1 aromatic carbocycles. The van der Waals surface area contributed by atoms with Gasteiger partial charge in [0.1, 0.15) is 6.54 Å². The third kappa shape index (κ3) is 5.78. The molecule has 2 aromatic heterocycles. The zero-order chi connectivity index (χ0) is 20.5. The fourth-order valence-corrected chi connectivity index (χ4v) is 2.91. The van der Waals surface area contributed by atoms with Crippen molar-refractivity contribution in [3.63, 3.8) is 0 Å². The molecule has 0 atom stereocenters. The molecular formula is C21H27N7O. The van der Waals surface area contributed by atoms with Gasteiger partial charge in [0.05, 0.1) is 0 Å². The molecule has 152 valence electrons. The van der Waals surface area contributed by atoms with Gasteiger partial charge in [0.2, 0.25) is 5.91 Å². The van der Waals surface area contributed by atoms with E-state index >= 15 is 0 Å².